The molecule has 20 heteroatoms. The van der Waals surface area contributed by atoms with Crippen molar-refractivity contribution in [1.29, 1.82) is 0 Å². The van der Waals surface area contributed by atoms with E-state index in [9.17, 15) is 33.2 Å². The van der Waals surface area contributed by atoms with Crippen LogP contribution in [0.15, 0.2) is 11.1 Å². The van der Waals surface area contributed by atoms with Gasteiger partial charge in [-0.25, -0.2) is 0 Å². The number of aromatic amines is 1. The number of halogens is 3. The minimum absolute atomic E-state index is 0.301. The number of hydrogen-bond acceptors (Lipinski definition) is 14. The second-order valence-corrected chi connectivity index (χ2v) is 12.7. The summed E-state index contributed by atoms with van der Waals surface area (Å²) in [5.74, 6) is -2.07. The Morgan fingerprint density at radius 3 is 2.19 bits per heavy atom. The van der Waals surface area contributed by atoms with E-state index in [1.807, 2.05) is 0 Å². The van der Waals surface area contributed by atoms with Gasteiger partial charge < -0.3 is 0 Å². The average molecular weight is 644 g/mol. The number of carbonyl (C=O) groups is 2. The van der Waals surface area contributed by atoms with Crippen molar-refractivity contribution in [2.75, 3.05) is 12.3 Å². The quantitative estimate of drug-likeness (QED) is 0.127. The normalized spacial score (nSPS) is 24.6. The van der Waals surface area contributed by atoms with E-state index in [1.54, 1.807) is 27.7 Å². The number of fused-ring (bicyclic) bond motifs is 1. The number of anilines is 1. The number of hydrogen-bond donors (Lipinski definition) is 6. The Balaban J connectivity index is 1.93. The number of aliphatic hydroxyl groups is 1. The van der Waals surface area contributed by atoms with Crippen molar-refractivity contribution in [2.24, 2.45) is 0 Å². The maximum atomic E-state index is 15.5. The molecule has 16 nitrogen and oxygen atoms in total. The standard InChI is InChI=1S/C23H37F3N7O9P/c1-9(2)40-19(36)11(5)31-43(38,32-12(6)20(37)41-10(3)4)39-7-23(21(25)26)15(34)13(24)18(42-23)33-8-28-14-16(33)29-22(27)30-17(14)35/h8-13,15,18,21,31-32,34,38,43H,7H2,1-6H3,(H3,27,29,30,35)/t11-,12-,13-,15-,18+,23+/m0/s1. The van der Waals surface area contributed by atoms with Gasteiger partial charge in [-0.3, -0.25) is 0 Å². The van der Waals surface area contributed by atoms with E-state index in [4.69, 9.17) is 24.5 Å². The van der Waals surface area contributed by atoms with Crippen LogP contribution in [0.25, 0.3) is 11.2 Å². The SMILES string of the molecule is CC(C)OC(=O)[C@H](C)N[PH](O)(N[C@@H](C)C(=O)OC(C)C)OC[C@@]1(C(F)F)O[C@@H](n2cnc3c(=O)[nH]c(N)nc32)[C@@H](F)[C@@H]1O. The van der Waals surface area contributed by atoms with Crippen LogP contribution in [-0.4, -0.2) is 96.7 Å². The van der Waals surface area contributed by atoms with Crippen LogP contribution < -0.4 is 21.5 Å². The molecule has 0 radical (unpaired) electrons. The Morgan fingerprint density at radius 2 is 1.70 bits per heavy atom. The Morgan fingerprint density at radius 1 is 1.16 bits per heavy atom. The van der Waals surface area contributed by atoms with Crippen molar-refractivity contribution in [1.82, 2.24) is 29.7 Å². The molecule has 0 amide bonds. The summed E-state index contributed by atoms with van der Waals surface area (Å²) < 4.78 is 66.5. The predicted octanol–water partition coefficient (Wildman–Crippen LogP) is 0.212. The molecule has 0 aliphatic carbocycles. The first-order chi connectivity index (χ1) is 19.9. The molecule has 244 valence electrons. The van der Waals surface area contributed by atoms with Gasteiger partial charge in [-0.1, -0.05) is 0 Å². The molecule has 0 spiro atoms. The molecule has 1 aliphatic rings. The van der Waals surface area contributed by atoms with Crippen LogP contribution in [0.4, 0.5) is 19.1 Å². The van der Waals surface area contributed by atoms with Gasteiger partial charge in [-0.15, -0.1) is 0 Å². The number of esters is 2. The molecular formula is C23H37F3N7O9P. The molecule has 1 aliphatic heterocycles. The predicted molar refractivity (Wildman–Crippen MR) is 146 cm³/mol. The van der Waals surface area contributed by atoms with Gasteiger partial charge in [0.15, 0.2) is 0 Å². The fourth-order valence-electron chi connectivity index (χ4n) is 4.20. The van der Waals surface area contributed by atoms with Gasteiger partial charge in [-0.2, -0.15) is 0 Å². The van der Waals surface area contributed by atoms with Crippen LogP contribution >= 0.6 is 8.02 Å². The molecule has 1 fully saturated rings. The maximum absolute atomic E-state index is 15.5. The zero-order chi connectivity index (χ0) is 32.4. The molecule has 2 aromatic heterocycles. The van der Waals surface area contributed by atoms with Gasteiger partial charge in [0.1, 0.15) is 0 Å². The third-order valence-electron chi connectivity index (χ3n) is 6.25. The second-order valence-electron chi connectivity index (χ2n) is 10.6. The Labute approximate surface area is 244 Å². The van der Waals surface area contributed by atoms with Gasteiger partial charge in [0.25, 0.3) is 0 Å². The molecule has 0 bridgehead atoms. The number of aliphatic hydroxyl groups excluding tert-OH is 1. The van der Waals surface area contributed by atoms with Crippen molar-refractivity contribution in [3.05, 3.63) is 16.7 Å². The average Bonchev–Trinajstić information content (AvgIpc) is 3.41. The van der Waals surface area contributed by atoms with Crippen molar-refractivity contribution >= 4 is 37.1 Å². The van der Waals surface area contributed by atoms with E-state index in [0.717, 1.165) is 10.9 Å². The van der Waals surface area contributed by atoms with Crippen molar-refractivity contribution in [2.45, 2.75) is 96.4 Å². The van der Waals surface area contributed by atoms with E-state index in [1.165, 1.54) is 13.8 Å². The number of imidazole rings is 1. The first kappa shape index (κ1) is 34.6. The van der Waals surface area contributed by atoms with Crippen LogP contribution in [0.5, 0.6) is 0 Å². The number of H-pyrrole nitrogens is 1. The van der Waals surface area contributed by atoms with Gasteiger partial charge >= 0.3 is 244 Å². The van der Waals surface area contributed by atoms with E-state index in [2.05, 4.69) is 25.1 Å². The number of nitrogens with one attached hydrogen (secondary N) is 3. The van der Waals surface area contributed by atoms with Crippen molar-refractivity contribution < 1.29 is 51.5 Å². The van der Waals surface area contributed by atoms with Crippen LogP contribution in [0.3, 0.4) is 0 Å². The zero-order valence-electron chi connectivity index (χ0n) is 24.2. The van der Waals surface area contributed by atoms with Crippen LogP contribution in [0.2, 0.25) is 0 Å². The van der Waals surface area contributed by atoms with Gasteiger partial charge in [0.2, 0.25) is 0 Å². The summed E-state index contributed by atoms with van der Waals surface area (Å²) >= 11 is 0. The monoisotopic (exact) mass is 643 g/mol. The van der Waals surface area contributed by atoms with Gasteiger partial charge in [-0.05, 0) is 0 Å². The number of aromatic nitrogens is 4. The molecule has 0 aromatic carbocycles. The first-order valence-corrected chi connectivity index (χ1v) is 15.1. The van der Waals surface area contributed by atoms with Gasteiger partial charge in [0.05, 0.1) is 0 Å². The number of alkyl halides is 3. The fraction of sp³-hybridized carbons (Fsp3) is 0.696. The number of ether oxygens (including phenoxy) is 3. The van der Waals surface area contributed by atoms with Gasteiger partial charge in [0, 0.05) is 0 Å². The molecule has 7 N–H and O–H groups in total. The molecule has 43 heavy (non-hydrogen) atoms. The number of nitrogens with two attached hydrogens (primary N) is 1. The molecule has 0 saturated carbocycles. The zero-order valence-corrected chi connectivity index (χ0v) is 25.2. The van der Waals surface area contributed by atoms with E-state index in [0.29, 0.717) is 0 Å². The topological polar surface area (TPSA) is 225 Å². The van der Waals surface area contributed by atoms with E-state index >= 15 is 4.39 Å². The Kier molecular flexibility index (Phi) is 10.7. The molecule has 0 unspecified atom stereocenters. The summed E-state index contributed by atoms with van der Waals surface area (Å²) in [7, 11) is -4.80. The van der Waals surface area contributed by atoms with Crippen molar-refractivity contribution in [3.8, 4) is 0 Å². The Hall–Kier alpha value is -2.93. The fourth-order valence-corrected chi connectivity index (χ4v) is 6.30. The number of nitrogens with zero attached hydrogens (tertiary/aromatic N) is 3. The summed E-state index contributed by atoms with van der Waals surface area (Å²) in [6.45, 7) is 7.53. The summed E-state index contributed by atoms with van der Waals surface area (Å²) in [5, 5.41) is 15.6. The molecule has 2 aromatic rings. The summed E-state index contributed by atoms with van der Waals surface area (Å²) in [6.07, 6.45) is -10.8. The third kappa shape index (κ3) is 7.60. The van der Waals surface area contributed by atoms with Crippen LogP contribution in [-0.2, 0) is 28.3 Å². The number of rotatable bonds is 13. The van der Waals surface area contributed by atoms with Crippen LogP contribution in [0.1, 0.15) is 47.8 Å². The summed E-state index contributed by atoms with van der Waals surface area (Å²) in [5.41, 5.74) is 1.05. The van der Waals surface area contributed by atoms with Crippen LogP contribution in [0, 0.1) is 0 Å². The second kappa shape index (κ2) is 13.4. The molecule has 3 heterocycles. The Bertz CT molecular complexity index is 1330. The van der Waals surface area contributed by atoms with Crippen molar-refractivity contribution in [3.63, 3.8) is 0 Å². The minimum atomic E-state index is -4.80. The molecular weight excluding hydrogens is 606 g/mol. The summed E-state index contributed by atoms with van der Waals surface area (Å²) in [4.78, 5) is 58.2. The number of nitrogen functional groups attached to an aromatic ring is 1. The van der Waals surface area contributed by atoms with E-state index < -0.39 is 86.9 Å². The molecule has 1 saturated heterocycles. The molecule has 3 rings (SSSR count). The first-order valence-electron chi connectivity index (χ1n) is 13.2. The number of carbonyl (C=O) groups excluding carboxylic acids is 2. The summed E-state index contributed by atoms with van der Waals surface area (Å²) in [6, 6.07) is -2.57. The third-order valence-corrected chi connectivity index (χ3v) is 8.46. The van der Waals surface area contributed by atoms with E-state index in [-0.39, 0.29) is 17.1 Å². The molecule has 6 atom stereocenters.